The van der Waals surface area contributed by atoms with Crippen LogP contribution in [0.3, 0.4) is 0 Å². The number of fused-ring (bicyclic) bond motifs is 1. The van der Waals surface area contributed by atoms with E-state index in [9.17, 15) is 8.92 Å². The number of halogens is 2. The van der Waals surface area contributed by atoms with E-state index in [4.69, 9.17) is 4.74 Å². The molecule has 0 aliphatic carbocycles. The summed E-state index contributed by atoms with van der Waals surface area (Å²) in [6.45, 7) is 21.6. The Morgan fingerprint density at radius 1 is 1.00 bits per heavy atom. The van der Waals surface area contributed by atoms with Gasteiger partial charge in [0.25, 0.3) is 0 Å². The van der Waals surface area contributed by atoms with E-state index in [2.05, 4.69) is 20.3 Å². The van der Waals surface area contributed by atoms with Crippen molar-refractivity contribution in [3.8, 4) is 16.9 Å². The van der Waals surface area contributed by atoms with Gasteiger partial charge in [-0.05, 0) is 67.7 Å². The highest BCUT2D eigenvalue weighted by molar-refractivity contribution is 7.16. The first kappa shape index (κ1) is 40.1. The second-order valence-corrected chi connectivity index (χ2v) is 11.0. The van der Waals surface area contributed by atoms with Crippen LogP contribution in [0.2, 0.25) is 0 Å². The lowest BCUT2D eigenvalue weighted by Crippen LogP contribution is -2.21. The molecular formula is C34H54F2N4O2S. The van der Waals surface area contributed by atoms with Gasteiger partial charge in [0.05, 0.1) is 28.0 Å². The second-order valence-electron chi connectivity index (χ2n) is 10.1. The van der Waals surface area contributed by atoms with E-state index in [0.29, 0.717) is 23.4 Å². The van der Waals surface area contributed by atoms with Gasteiger partial charge in [0.2, 0.25) is 0 Å². The van der Waals surface area contributed by atoms with E-state index in [-0.39, 0.29) is 12.4 Å². The van der Waals surface area contributed by atoms with Crippen molar-refractivity contribution in [2.24, 2.45) is 12.5 Å². The lowest BCUT2D eigenvalue weighted by atomic mass is 9.85. The molecule has 0 aliphatic heterocycles. The predicted molar refractivity (Wildman–Crippen MR) is 180 cm³/mol. The number of thiazole rings is 1. The predicted octanol–water partition coefficient (Wildman–Crippen LogP) is 9.98. The smallest absolute Gasteiger partial charge is 0.147 e. The number of rotatable bonds is 7. The zero-order chi connectivity index (χ0) is 33.3. The Hall–Kier alpha value is -2.88. The van der Waals surface area contributed by atoms with E-state index >= 15 is 0 Å². The number of aryl methyl sites for hydroxylation is 1. The fourth-order valence-corrected chi connectivity index (χ4v) is 4.80. The van der Waals surface area contributed by atoms with E-state index in [0.717, 1.165) is 32.6 Å². The monoisotopic (exact) mass is 620 g/mol. The molecule has 2 heterocycles. The van der Waals surface area contributed by atoms with Crippen LogP contribution in [0.1, 0.15) is 90.9 Å². The van der Waals surface area contributed by atoms with Gasteiger partial charge in [-0.25, -0.2) is 9.37 Å². The zero-order valence-electron chi connectivity index (χ0n) is 28.8. The Labute approximate surface area is 262 Å². The lowest BCUT2D eigenvalue weighted by molar-refractivity contribution is -0.214. The van der Waals surface area contributed by atoms with Gasteiger partial charge < -0.3 is 10.1 Å². The van der Waals surface area contributed by atoms with Crippen molar-refractivity contribution in [2.75, 3.05) is 20.7 Å². The average molecular weight is 621 g/mol. The summed E-state index contributed by atoms with van der Waals surface area (Å²) in [5, 5.41) is 7.27. The Morgan fingerprint density at radius 2 is 1.60 bits per heavy atom. The maximum absolute atomic E-state index is 14.5. The van der Waals surface area contributed by atoms with Crippen LogP contribution in [0.4, 0.5) is 8.92 Å². The molecule has 0 saturated heterocycles. The van der Waals surface area contributed by atoms with Gasteiger partial charge in [-0.1, -0.05) is 68.4 Å². The van der Waals surface area contributed by atoms with Crippen molar-refractivity contribution in [3.05, 3.63) is 64.2 Å². The van der Waals surface area contributed by atoms with E-state index < -0.39 is 11.5 Å². The number of hydrogen-bond acceptors (Lipinski definition) is 6. The molecule has 242 valence electrons. The molecule has 43 heavy (non-hydrogen) atoms. The van der Waals surface area contributed by atoms with Gasteiger partial charge >= 0.3 is 0 Å². The molecule has 0 saturated carbocycles. The van der Waals surface area contributed by atoms with Gasteiger partial charge in [-0.15, -0.1) is 11.3 Å². The van der Waals surface area contributed by atoms with Crippen LogP contribution in [0.25, 0.3) is 21.3 Å². The fourth-order valence-electron chi connectivity index (χ4n) is 4.14. The molecule has 2 aromatic carbocycles. The Bertz CT molecular complexity index is 1350. The third-order valence-corrected chi connectivity index (χ3v) is 7.00. The van der Waals surface area contributed by atoms with Gasteiger partial charge in [0, 0.05) is 35.9 Å². The molecule has 0 bridgehead atoms. The summed E-state index contributed by atoms with van der Waals surface area (Å²) in [4.78, 5) is 8.74. The molecule has 4 rings (SSSR count). The molecule has 0 aliphatic rings. The minimum Gasteiger partial charge on any atom is -0.492 e. The van der Waals surface area contributed by atoms with Crippen molar-refractivity contribution >= 4 is 21.6 Å². The van der Waals surface area contributed by atoms with Gasteiger partial charge in [0.15, 0.2) is 0 Å². The molecule has 1 atom stereocenters. The summed E-state index contributed by atoms with van der Waals surface area (Å²) in [6.07, 6.45) is -0.329. The van der Waals surface area contributed by atoms with Crippen molar-refractivity contribution in [1.82, 2.24) is 20.1 Å². The Morgan fingerprint density at radius 3 is 2.16 bits per heavy atom. The maximum atomic E-state index is 14.5. The molecule has 6 nitrogen and oxygen atoms in total. The SMILES string of the molecule is CC.CC.CC.CNC.Cc1c(F)ccc(-c2ccc3scnc3c2)c1OCCc1c(C(OF)C(C)(C)C)nn(C)c1C. The molecular weight excluding hydrogens is 566 g/mol. The number of hydrogen-bond donors (Lipinski definition) is 1. The van der Waals surface area contributed by atoms with Crippen LogP contribution < -0.4 is 10.1 Å². The fraction of sp³-hybridized carbons (Fsp3) is 0.529. The van der Waals surface area contributed by atoms with E-state index in [1.807, 2.05) is 114 Å². The molecule has 1 N–H and O–H groups in total. The largest absolute Gasteiger partial charge is 0.492 e. The summed E-state index contributed by atoms with van der Waals surface area (Å²) in [5.74, 6) is 0.164. The minimum absolute atomic E-state index is 0.277. The zero-order valence-corrected chi connectivity index (χ0v) is 29.6. The standard InChI is InChI=1S/C26H29F2N3O2S.C2H7N.3C2H6/c1-15-20(27)9-8-19(17-7-10-22-21(13-17)29-14-34-22)24(15)32-12-11-18-16(2)31(6)30-23(18)25(33-28)26(3,4)5;1-3-2;3*1-2/h7-10,13-14,25H,11-12H2,1-6H3;3H,1-2H3;3*1-2H3. The van der Waals surface area contributed by atoms with Gasteiger partial charge in [-0.3, -0.25) is 4.68 Å². The highest BCUT2D eigenvalue weighted by Crippen LogP contribution is 2.39. The highest BCUT2D eigenvalue weighted by atomic mass is 32.1. The first-order chi connectivity index (χ1) is 20.5. The van der Waals surface area contributed by atoms with Crippen LogP contribution in [-0.4, -0.2) is 35.5 Å². The molecule has 0 fully saturated rings. The number of aromatic nitrogens is 3. The Balaban J connectivity index is 0.00000178. The molecule has 0 radical (unpaired) electrons. The molecule has 4 aromatic rings. The maximum Gasteiger partial charge on any atom is 0.147 e. The van der Waals surface area contributed by atoms with Crippen LogP contribution in [0.5, 0.6) is 5.75 Å². The van der Waals surface area contributed by atoms with Gasteiger partial charge in [0.1, 0.15) is 17.7 Å². The summed E-state index contributed by atoms with van der Waals surface area (Å²) < 4.78 is 37.0. The van der Waals surface area contributed by atoms with Crippen LogP contribution in [0, 0.1) is 25.1 Å². The number of benzene rings is 2. The van der Waals surface area contributed by atoms with Crippen molar-refractivity contribution in [2.45, 2.75) is 88.7 Å². The average Bonchev–Trinajstić information content (AvgIpc) is 3.58. The van der Waals surface area contributed by atoms with Crippen LogP contribution in [-0.2, 0) is 18.4 Å². The highest BCUT2D eigenvalue weighted by Gasteiger charge is 2.33. The van der Waals surface area contributed by atoms with Crippen LogP contribution >= 0.6 is 11.3 Å². The van der Waals surface area contributed by atoms with E-state index in [1.165, 1.54) is 6.07 Å². The topological polar surface area (TPSA) is 61.2 Å². The summed E-state index contributed by atoms with van der Waals surface area (Å²) in [7, 11) is 5.57. The minimum atomic E-state index is -0.807. The third kappa shape index (κ3) is 10.7. The second kappa shape index (κ2) is 20.1. The van der Waals surface area contributed by atoms with Crippen molar-refractivity contribution in [1.29, 1.82) is 0 Å². The molecule has 0 amide bonds. The molecule has 0 spiro atoms. The number of ether oxygens (including phenoxy) is 1. The van der Waals surface area contributed by atoms with Gasteiger partial charge in [-0.2, -0.15) is 10.0 Å². The van der Waals surface area contributed by atoms with Crippen molar-refractivity contribution in [3.63, 3.8) is 0 Å². The molecule has 2 aromatic heterocycles. The molecule has 9 heteroatoms. The first-order valence-electron chi connectivity index (χ1n) is 15.2. The quantitative estimate of drug-likeness (QED) is 0.223. The van der Waals surface area contributed by atoms with Crippen LogP contribution in [0.15, 0.2) is 35.8 Å². The number of nitrogens with zero attached hydrogens (tertiary/aromatic N) is 3. The Kier molecular flexibility index (Phi) is 18.8. The van der Waals surface area contributed by atoms with Crippen molar-refractivity contribution < 1.29 is 18.6 Å². The normalized spacial score (nSPS) is 11.1. The summed E-state index contributed by atoms with van der Waals surface area (Å²) >= 11 is 1.58. The third-order valence-electron chi connectivity index (χ3n) is 6.19. The summed E-state index contributed by atoms with van der Waals surface area (Å²) in [6, 6.07) is 9.19. The molecule has 1 unspecified atom stereocenters. The first-order valence-corrected chi connectivity index (χ1v) is 16.0. The van der Waals surface area contributed by atoms with E-state index in [1.54, 1.807) is 29.0 Å². The lowest BCUT2D eigenvalue weighted by Gasteiger charge is -2.26. The number of nitrogens with one attached hydrogen (secondary N) is 1. The summed E-state index contributed by atoms with van der Waals surface area (Å²) in [5.41, 5.74) is 6.72.